The highest BCUT2D eigenvalue weighted by Crippen LogP contribution is 2.28. The number of pyridine rings is 1. The van der Waals surface area contributed by atoms with E-state index in [4.69, 9.17) is 9.47 Å². The van der Waals surface area contributed by atoms with Crippen molar-refractivity contribution in [2.75, 3.05) is 12.4 Å². The average Bonchev–Trinajstić information content (AvgIpc) is 3.04. The van der Waals surface area contributed by atoms with Gasteiger partial charge in [0.25, 0.3) is 0 Å². The number of nitrogens with zero attached hydrogens (tertiary/aromatic N) is 4. The predicted molar refractivity (Wildman–Crippen MR) is 91.2 cm³/mol. The summed E-state index contributed by atoms with van der Waals surface area (Å²) in [5, 5.41) is 7.53. The second-order valence-corrected chi connectivity index (χ2v) is 5.37. The first kappa shape index (κ1) is 15.8. The van der Waals surface area contributed by atoms with Gasteiger partial charge in [-0.3, -0.25) is 0 Å². The second kappa shape index (κ2) is 6.99. The van der Waals surface area contributed by atoms with E-state index in [1.165, 1.54) is 0 Å². The monoisotopic (exact) mass is 325 g/mol. The lowest BCUT2D eigenvalue weighted by molar-refractivity contribution is 0.241. The van der Waals surface area contributed by atoms with E-state index in [0.29, 0.717) is 23.3 Å². The van der Waals surface area contributed by atoms with Crippen molar-refractivity contribution in [1.29, 1.82) is 0 Å². The molecule has 1 N–H and O–H groups in total. The van der Waals surface area contributed by atoms with E-state index < -0.39 is 0 Å². The van der Waals surface area contributed by atoms with E-state index in [2.05, 4.69) is 20.4 Å². The van der Waals surface area contributed by atoms with Gasteiger partial charge in [-0.25, -0.2) is 9.67 Å². The lowest BCUT2D eigenvalue weighted by atomic mass is 10.3. The molecule has 3 rings (SSSR count). The zero-order valence-electron chi connectivity index (χ0n) is 13.8. The van der Waals surface area contributed by atoms with Crippen molar-refractivity contribution in [3.8, 4) is 17.3 Å². The fourth-order valence-electron chi connectivity index (χ4n) is 2.17. The summed E-state index contributed by atoms with van der Waals surface area (Å²) in [7, 11) is 1.56. The van der Waals surface area contributed by atoms with E-state index >= 15 is 0 Å². The van der Waals surface area contributed by atoms with Gasteiger partial charge in [0.2, 0.25) is 11.8 Å². The van der Waals surface area contributed by atoms with E-state index in [0.717, 1.165) is 5.69 Å². The molecule has 0 aliphatic carbocycles. The minimum Gasteiger partial charge on any atom is -0.489 e. The Kier molecular flexibility index (Phi) is 4.60. The fraction of sp³-hybridized carbons (Fsp3) is 0.235. The van der Waals surface area contributed by atoms with Crippen molar-refractivity contribution in [2.24, 2.45) is 0 Å². The van der Waals surface area contributed by atoms with Gasteiger partial charge < -0.3 is 14.8 Å². The molecule has 1 aromatic carbocycles. The molecule has 0 unspecified atom stereocenters. The molecule has 2 aromatic heterocycles. The molecule has 24 heavy (non-hydrogen) atoms. The van der Waals surface area contributed by atoms with Crippen LogP contribution in [0, 0.1) is 0 Å². The third kappa shape index (κ3) is 3.62. The highest BCUT2D eigenvalue weighted by Gasteiger charge is 2.11. The molecule has 124 valence electrons. The van der Waals surface area contributed by atoms with E-state index in [-0.39, 0.29) is 6.10 Å². The minimum atomic E-state index is 0.0588. The Balaban J connectivity index is 1.84. The van der Waals surface area contributed by atoms with Gasteiger partial charge in [-0.15, -0.1) is 5.10 Å². The Morgan fingerprint density at radius 3 is 2.62 bits per heavy atom. The van der Waals surface area contributed by atoms with Gasteiger partial charge in [0.05, 0.1) is 25.1 Å². The maximum atomic E-state index is 5.66. The lowest BCUT2D eigenvalue weighted by Crippen LogP contribution is -2.07. The first-order valence-electron chi connectivity index (χ1n) is 7.60. The Hall–Kier alpha value is -3.09. The van der Waals surface area contributed by atoms with Gasteiger partial charge in [0, 0.05) is 6.07 Å². The highest BCUT2D eigenvalue weighted by atomic mass is 16.5. The number of anilines is 2. The minimum absolute atomic E-state index is 0.0588. The van der Waals surface area contributed by atoms with Crippen molar-refractivity contribution in [3.63, 3.8) is 0 Å². The summed E-state index contributed by atoms with van der Waals surface area (Å²) in [5.74, 6) is 1.54. The molecule has 7 heteroatoms. The van der Waals surface area contributed by atoms with Crippen LogP contribution in [0.2, 0.25) is 0 Å². The zero-order valence-corrected chi connectivity index (χ0v) is 13.8. The van der Waals surface area contributed by atoms with Gasteiger partial charge in [-0.05, 0) is 26.0 Å². The van der Waals surface area contributed by atoms with Crippen molar-refractivity contribution in [2.45, 2.75) is 20.0 Å². The Labute approximate surface area is 140 Å². The number of rotatable bonds is 6. The van der Waals surface area contributed by atoms with Gasteiger partial charge in [-0.2, -0.15) is 4.98 Å². The third-order valence-electron chi connectivity index (χ3n) is 3.15. The van der Waals surface area contributed by atoms with Crippen LogP contribution in [0.25, 0.3) is 5.69 Å². The van der Waals surface area contributed by atoms with E-state index in [1.54, 1.807) is 24.3 Å². The number of hydrogen-bond acceptors (Lipinski definition) is 6. The zero-order chi connectivity index (χ0) is 16.9. The van der Waals surface area contributed by atoms with Crippen LogP contribution in [-0.4, -0.2) is 33.0 Å². The molecule has 0 aliphatic rings. The van der Waals surface area contributed by atoms with Crippen molar-refractivity contribution in [1.82, 2.24) is 19.7 Å². The molecule has 2 heterocycles. The van der Waals surface area contributed by atoms with Crippen LogP contribution in [-0.2, 0) is 0 Å². The summed E-state index contributed by atoms with van der Waals surface area (Å²) in [5.41, 5.74) is 1.57. The standard InChI is InChI=1S/C17H19N5O2/c1-12(2)24-14-9-15(16(23-3)18-10-14)20-17-19-11-22(21-17)13-7-5-4-6-8-13/h4-12H,1-3H3,(H,20,21). The molecular formula is C17H19N5O2. The summed E-state index contributed by atoms with van der Waals surface area (Å²) in [6.45, 7) is 3.92. The molecular weight excluding hydrogens is 306 g/mol. The topological polar surface area (TPSA) is 74.1 Å². The van der Waals surface area contributed by atoms with Crippen LogP contribution in [0.4, 0.5) is 11.6 Å². The maximum absolute atomic E-state index is 5.66. The lowest BCUT2D eigenvalue weighted by Gasteiger charge is -2.12. The molecule has 0 radical (unpaired) electrons. The van der Waals surface area contributed by atoms with Crippen LogP contribution in [0.5, 0.6) is 11.6 Å². The van der Waals surface area contributed by atoms with Gasteiger partial charge in [-0.1, -0.05) is 18.2 Å². The number of aromatic nitrogens is 4. The van der Waals surface area contributed by atoms with Gasteiger partial charge >= 0.3 is 0 Å². The van der Waals surface area contributed by atoms with Gasteiger partial charge in [0.15, 0.2) is 0 Å². The maximum Gasteiger partial charge on any atom is 0.247 e. The molecule has 0 aliphatic heterocycles. The quantitative estimate of drug-likeness (QED) is 0.750. The first-order valence-corrected chi connectivity index (χ1v) is 7.60. The van der Waals surface area contributed by atoms with E-state index in [9.17, 15) is 0 Å². The highest BCUT2D eigenvalue weighted by molar-refractivity contribution is 5.61. The molecule has 0 saturated heterocycles. The molecule has 3 aromatic rings. The summed E-state index contributed by atoms with van der Waals surface area (Å²) in [6, 6.07) is 11.6. The largest absolute Gasteiger partial charge is 0.489 e. The summed E-state index contributed by atoms with van der Waals surface area (Å²) in [6.07, 6.45) is 3.33. The Bertz CT molecular complexity index is 802. The molecule has 0 amide bonds. The normalized spacial score (nSPS) is 10.7. The first-order chi connectivity index (χ1) is 11.7. The number of ether oxygens (including phenoxy) is 2. The smallest absolute Gasteiger partial charge is 0.247 e. The number of nitrogens with one attached hydrogen (secondary N) is 1. The molecule has 0 bridgehead atoms. The second-order valence-electron chi connectivity index (χ2n) is 5.37. The third-order valence-corrected chi connectivity index (χ3v) is 3.15. The van der Waals surface area contributed by atoms with Crippen LogP contribution >= 0.6 is 0 Å². The molecule has 0 saturated carbocycles. The number of methoxy groups -OCH3 is 1. The number of hydrogen-bond donors (Lipinski definition) is 1. The summed E-state index contributed by atoms with van der Waals surface area (Å²) >= 11 is 0. The van der Waals surface area contributed by atoms with Crippen molar-refractivity contribution in [3.05, 3.63) is 48.9 Å². The molecule has 0 spiro atoms. The number of benzene rings is 1. The SMILES string of the molecule is COc1ncc(OC(C)C)cc1Nc1ncn(-c2ccccc2)n1. The van der Waals surface area contributed by atoms with Crippen LogP contribution in [0.15, 0.2) is 48.9 Å². The predicted octanol–water partition coefficient (Wildman–Crippen LogP) is 3.20. The molecule has 0 atom stereocenters. The Morgan fingerprint density at radius 1 is 1.12 bits per heavy atom. The van der Waals surface area contributed by atoms with Crippen LogP contribution in [0.3, 0.4) is 0 Å². The van der Waals surface area contributed by atoms with Crippen molar-refractivity contribution < 1.29 is 9.47 Å². The Morgan fingerprint density at radius 2 is 1.92 bits per heavy atom. The molecule has 7 nitrogen and oxygen atoms in total. The average molecular weight is 325 g/mol. The van der Waals surface area contributed by atoms with Crippen molar-refractivity contribution >= 4 is 11.6 Å². The van der Waals surface area contributed by atoms with Crippen LogP contribution < -0.4 is 14.8 Å². The van der Waals surface area contributed by atoms with E-state index in [1.807, 2.05) is 50.2 Å². The molecule has 0 fully saturated rings. The fourth-order valence-corrected chi connectivity index (χ4v) is 2.17. The summed E-state index contributed by atoms with van der Waals surface area (Å²) in [4.78, 5) is 8.51. The van der Waals surface area contributed by atoms with Crippen LogP contribution in [0.1, 0.15) is 13.8 Å². The number of para-hydroxylation sites is 1. The van der Waals surface area contributed by atoms with Gasteiger partial charge in [0.1, 0.15) is 17.8 Å². The summed E-state index contributed by atoms with van der Waals surface area (Å²) < 4.78 is 12.6.